The highest BCUT2D eigenvalue weighted by Crippen LogP contribution is 2.14. The van der Waals surface area contributed by atoms with E-state index in [0.29, 0.717) is 11.4 Å². The molecular formula is C15H14N2O2. The minimum Gasteiger partial charge on any atom is -0.457 e. The van der Waals surface area contributed by atoms with E-state index in [2.05, 4.69) is 11.6 Å². The molecule has 0 saturated heterocycles. The summed E-state index contributed by atoms with van der Waals surface area (Å²) in [4.78, 5) is 15.7. The first-order chi connectivity index (χ1) is 9.16. The topological polar surface area (TPSA) is 65.2 Å². The lowest BCUT2D eigenvalue weighted by atomic mass is 10.1. The SMILES string of the molecule is C=C(C(=O)OCc1ccccc1)c1ccc(N)nc1. The Morgan fingerprint density at radius 2 is 1.95 bits per heavy atom. The van der Waals surface area contributed by atoms with Crippen LogP contribution in [0.4, 0.5) is 5.82 Å². The molecule has 1 aromatic carbocycles. The third-order valence-electron chi connectivity index (χ3n) is 2.59. The second-order valence-corrected chi connectivity index (χ2v) is 4.01. The molecule has 4 nitrogen and oxygen atoms in total. The maximum atomic E-state index is 11.8. The molecule has 0 bridgehead atoms. The molecule has 2 aromatic rings. The van der Waals surface area contributed by atoms with Crippen molar-refractivity contribution in [1.29, 1.82) is 0 Å². The number of esters is 1. The summed E-state index contributed by atoms with van der Waals surface area (Å²) in [7, 11) is 0. The lowest BCUT2D eigenvalue weighted by molar-refractivity contribution is -0.137. The van der Waals surface area contributed by atoms with Gasteiger partial charge in [0.1, 0.15) is 12.4 Å². The van der Waals surface area contributed by atoms with Crippen molar-refractivity contribution in [2.24, 2.45) is 0 Å². The van der Waals surface area contributed by atoms with E-state index in [1.54, 1.807) is 12.1 Å². The number of aromatic nitrogens is 1. The molecule has 0 spiro atoms. The highest BCUT2D eigenvalue weighted by molar-refractivity contribution is 6.15. The number of hydrogen-bond donors (Lipinski definition) is 1. The normalized spacial score (nSPS) is 9.89. The minimum absolute atomic E-state index is 0.223. The Hall–Kier alpha value is -2.62. The Labute approximate surface area is 111 Å². The Morgan fingerprint density at radius 1 is 1.21 bits per heavy atom. The average Bonchev–Trinajstić information content (AvgIpc) is 2.46. The van der Waals surface area contributed by atoms with Gasteiger partial charge < -0.3 is 10.5 Å². The van der Waals surface area contributed by atoms with Crippen LogP contribution in [0.3, 0.4) is 0 Å². The van der Waals surface area contributed by atoms with Gasteiger partial charge in [-0.2, -0.15) is 0 Å². The van der Waals surface area contributed by atoms with Crippen LogP contribution in [0, 0.1) is 0 Å². The van der Waals surface area contributed by atoms with Crippen molar-refractivity contribution < 1.29 is 9.53 Å². The Morgan fingerprint density at radius 3 is 2.58 bits per heavy atom. The molecule has 0 saturated carbocycles. The van der Waals surface area contributed by atoms with E-state index in [0.717, 1.165) is 5.56 Å². The highest BCUT2D eigenvalue weighted by atomic mass is 16.5. The largest absolute Gasteiger partial charge is 0.457 e. The molecule has 4 heteroatoms. The molecule has 0 aliphatic heterocycles. The summed E-state index contributed by atoms with van der Waals surface area (Å²) >= 11 is 0. The van der Waals surface area contributed by atoms with E-state index < -0.39 is 5.97 Å². The molecule has 2 N–H and O–H groups in total. The number of benzene rings is 1. The molecule has 1 heterocycles. The standard InChI is InChI=1S/C15H14N2O2/c1-11(13-7-8-14(16)17-9-13)15(18)19-10-12-5-3-2-4-6-12/h2-9H,1,10H2,(H2,16,17). The lowest BCUT2D eigenvalue weighted by Crippen LogP contribution is -2.07. The summed E-state index contributed by atoms with van der Waals surface area (Å²) in [5.41, 5.74) is 7.28. The summed E-state index contributed by atoms with van der Waals surface area (Å²) < 4.78 is 5.18. The van der Waals surface area contributed by atoms with E-state index in [-0.39, 0.29) is 12.2 Å². The fourth-order valence-electron chi connectivity index (χ4n) is 1.51. The number of pyridine rings is 1. The molecule has 0 atom stereocenters. The molecule has 96 valence electrons. The van der Waals surface area contributed by atoms with Crippen LogP contribution in [0.5, 0.6) is 0 Å². The lowest BCUT2D eigenvalue weighted by Gasteiger charge is -2.07. The number of hydrogen-bond acceptors (Lipinski definition) is 4. The van der Waals surface area contributed by atoms with Gasteiger partial charge in [0.2, 0.25) is 0 Å². The molecule has 1 aromatic heterocycles. The van der Waals surface area contributed by atoms with Crippen molar-refractivity contribution in [1.82, 2.24) is 4.98 Å². The van der Waals surface area contributed by atoms with Gasteiger partial charge >= 0.3 is 5.97 Å². The van der Waals surface area contributed by atoms with Crippen molar-refractivity contribution in [3.8, 4) is 0 Å². The first-order valence-corrected chi connectivity index (χ1v) is 5.78. The van der Waals surface area contributed by atoms with Crippen LogP contribution in [0.15, 0.2) is 55.2 Å². The summed E-state index contributed by atoms with van der Waals surface area (Å²) in [5.74, 6) is -0.0652. The van der Waals surface area contributed by atoms with Crippen LogP contribution < -0.4 is 5.73 Å². The van der Waals surface area contributed by atoms with Gasteiger partial charge in [-0.25, -0.2) is 9.78 Å². The van der Waals surface area contributed by atoms with Gasteiger partial charge in [0.05, 0.1) is 5.57 Å². The number of anilines is 1. The zero-order valence-corrected chi connectivity index (χ0v) is 10.4. The summed E-state index contributed by atoms with van der Waals surface area (Å²) in [6.07, 6.45) is 1.50. The van der Waals surface area contributed by atoms with E-state index in [1.165, 1.54) is 6.20 Å². The van der Waals surface area contributed by atoms with Crippen molar-refractivity contribution in [2.75, 3.05) is 5.73 Å². The van der Waals surface area contributed by atoms with Crippen LogP contribution in [0.1, 0.15) is 11.1 Å². The van der Waals surface area contributed by atoms with Gasteiger partial charge in [0.15, 0.2) is 0 Å². The Bertz CT molecular complexity index is 577. The van der Waals surface area contributed by atoms with Crippen LogP contribution >= 0.6 is 0 Å². The number of ether oxygens (including phenoxy) is 1. The highest BCUT2D eigenvalue weighted by Gasteiger charge is 2.11. The molecule has 0 unspecified atom stereocenters. The van der Waals surface area contributed by atoms with E-state index >= 15 is 0 Å². The molecule has 0 radical (unpaired) electrons. The second-order valence-electron chi connectivity index (χ2n) is 4.01. The predicted molar refractivity (Wildman–Crippen MR) is 73.9 cm³/mol. The number of carbonyl (C=O) groups excluding carboxylic acids is 1. The number of rotatable bonds is 4. The maximum absolute atomic E-state index is 11.8. The van der Waals surface area contributed by atoms with Crippen LogP contribution in [0.25, 0.3) is 5.57 Å². The molecule has 2 rings (SSSR count). The van der Waals surface area contributed by atoms with E-state index in [4.69, 9.17) is 10.5 Å². The van der Waals surface area contributed by atoms with Crippen LogP contribution in [-0.4, -0.2) is 11.0 Å². The van der Waals surface area contributed by atoms with Crippen molar-refractivity contribution in [3.63, 3.8) is 0 Å². The van der Waals surface area contributed by atoms with Crippen molar-refractivity contribution in [2.45, 2.75) is 6.61 Å². The molecular weight excluding hydrogens is 240 g/mol. The van der Waals surface area contributed by atoms with Gasteiger partial charge in [-0.15, -0.1) is 0 Å². The van der Waals surface area contributed by atoms with Crippen LogP contribution in [-0.2, 0) is 16.1 Å². The predicted octanol–water partition coefficient (Wildman–Crippen LogP) is 2.42. The summed E-state index contributed by atoms with van der Waals surface area (Å²) in [6, 6.07) is 12.8. The first-order valence-electron chi connectivity index (χ1n) is 5.78. The van der Waals surface area contributed by atoms with E-state index in [9.17, 15) is 4.79 Å². The number of nitrogens with zero attached hydrogens (tertiary/aromatic N) is 1. The molecule has 0 fully saturated rings. The van der Waals surface area contributed by atoms with E-state index in [1.807, 2.05) is 30.3 Å². The summed E-state index contributed by atoms with van der Waals surface area (Å²) in [6.45, 7) is 3.93. The number of carbonyl (C=O) groups is 1. The van der Waals surface area contributed by atoms with Gasteiger partial charge in [0.25, 0.3) is 0 Å². The third-order valence-corrected chi connectivity index (χ3v) is 2.59. The Kier molecular flexibility index (Phi) is 3.93. The first kappa shape index (κ1) is 12.8. The molecule has 0 aliphatic rings. The average molecular weight is 254 g/mol. The fraction of sp³-hybridized carbons (Fsp3) is 0.0667. The quantitative estimate of drug-likeness (QED) is 0.672. The van der Waals surface area contributed by atoms with Gasteiger partial charge in [0, 0.05) is 11.8 Å². The Balaban J connectivity index is 1.96. The zero-order valence-electron chi connectivity index (χ0n) is 10.4. The number of nitrogen functional groups attached to an aromatic ring is 1. The molecule has 0 amide bonds. The van der Waals surface area contributed by atoms with Gasteiger partial charge in [-0.3, -0.25) is 0 Å². The van der Waals surface area contributed by atoms with Crippen molar-refractivity contribution >= 4 is 17.4 Å². The zero-order chi connectivity index (χ0) is 13.7. The van der Waals surface area contributed by atoms with Crippen LogP contribution in [0.2, 0.25) is 0 Å². The minimum atomic E-state index is -0.463. The van der Waals surface area contributed by atoms with Gasteiger partial charge in [-0.1, -0.05) is 36.9 Å². The number of nitrogens with two attached hydrogens (primary N) is 1. The maximum Gasteiger partial charge on any atom is 0.338 e. The molecule has 19 heavy (non-hydrogen) atoms. The smallest absolute Gasteiger partial charge is 0.338 e. The summed E-state index contributed by atoms with van der Waals surface area (Å²) in [5, 5.41) is 0. The third kappa shape index (κ3) is 3.42. The second kappa shape index (κ2) is 5.82. The molecule has 0 aliphatic carbocycles. The van der Waals surface area contributed by atoms with Gasteiger partial charge in [-0.05, 0) is 17.7 Å². The van der Waals surface area contributed by atoms with Crippen molar-refractivity contribution in [3.05, 3.63) is 66.4 Å². The fourth-order valence-corrected chi connectivity index (χ4v) is 1.51. The monoisotopic (exact) mass is 254 g/mol.